The highest BCUT2D eigenvalue weighted by atomic mass is 16.6. The third kappa shape index (κ3) is 13.1. The first-order valence-electron chi connectivity index (χ1n) is 15.5. The molecule has 9 nitrogen and oxygen atoms in total. The Kier molecular flexibility index (Phi) is 14.1. The van der Waals surface area contributed by atoms with Crippen molar-refractivity contribution in [2.75, 3.05) is 13.1 Å². The molecule has 2 unspecified atom stereocenters. The van der Waals surface area contributed by atoms with E-state index in [0.29, 0.717) is 17.5 Å². The fraction of sp³-hybridized carbons (Fsp3) is 0.500. The fourth-order valence-corrected chi connectivity index (χ4v) is 4.65. The van der Waals surface area contributed by atoms with E-state index in [0.717, 1.165) is 24.8 Å². The van der Waals surface area contributed by atoms with Gasteiger partial charge in [-0.1, -0.05) is 80.6 Å². The van der Waals surface area contributed by atoms with E-state index in [1.165, 1.54) is 4.90 Å². The van der Waals surface area contributed by atoms with Gasteiger partial charge in [-0.3, -0.25) is 9.59 Å². The molecule has 0 spiro atoms. The highest BCUT2D eigenvalue weighted by molar-refractivity contribution is 5.93. The Bertz CT molecular complexity index is 1320. The lowest BCUT2D eigenvalue weighted by Crippen LogP contribution is -2.52. The van der Waals surface area contributed by atoms with Crippen LogP contribution in [0.5, 0.6) is 0 Å². The molecule has 0 saturated carbocycles. The van der Waals surface area contributed by atoms with Gasteiger partial charge in [-0.05, 0) is 65.2 Å². The summed E-state index contributed by atoms with van der Waals surface area (Å²) < 4.78 is 11.0. The molecule has 0 aromatic heterocycles. The molecule has 2 rings (SSSR count). The van der Waals surface area contributed by atoms with Gasteiger partial charge in [0.05, 0.1) is 0 Å². The first kappa shape index (κ1) is 36.9. The zero-order valence-electron chi connectivity index (χ0n) is 27.8. The second kappa shape index (κ2) is 17.2. The average molecular weight is 620 g/mol. The Morgan fingerprint density at radius 2 is 1.49 bits per heavy atom. The van der Waals surface area contributed by atoms with E-state index in [-0.39, 0.29) is 13.0 Å². The summed E-state index contributed by atoms with van der Waals surface area (Å²) in [6.45, 7) is 12.3. The molecule has 244 valence electrons. The predicted octanol–water partition coefficient (Wildman–Crippen LogP) is 5.71. The van der Waals surface area contributed by atoms with Crippen LogP contribution in [0.25, 0.3) is 0 Å². The molecule has 0 aliphatic heterocycles. The molecule has 0 fully saturated rings. The molecule has 9 heteroatoms. The van der Waals surface area contributed by atoms with E-state index in [1.54, 1.807) is 65.8 Å². The largest absolute Gasteiger partial charge is 0.458 e. The standard InChI is InChI=1S/C36H49N3O6/c1-9-11-12-18-23-39(30(40)25-37-34(43)45-36(6,7)8)31(28-22-17-16-21-27(28)10-2)32(41)38-29(33(42)44-35(3,4)5)24-26-19-14-13-15-20-26/h2,13-17,19-22,29,31H,9,11-12,18,23-25H2,1,3-8H3,(H,37,43)(H,38,41). The molecule has 3 amide bonds. The van der Waals surface area contributed by atoms with Crippen LogP contribution >= 0.6 is 0 Å². The molecule has 0 saturated heterocycles. The highest BCUT2D eigenvalue weighted by Crippen LogP contribution is 2.26. The van der Waals surface area contributed by atoms with Gasteiger partial charge in [-0.2, -0.15) is 0 Å². The molecule has 2 aromatic rings. The molecule has 0 heterocycles. The van der Waals surface area contributed by atoms with Gasteiger partial charge in [0.25, 0.3) is 0 Å². The molecular formula is C36H49N3O6. The number of hydrogen-bond acceptors (Lipinski definition) is 6. The second-order valence-electron chi connectivity index (χ2n) is 12.9. The van der Waals surface area contributed by atoms with Crippen molar-refractivity contribution >= 4 is 23.9 Å². The van der Waals surface area contributed by atoms with Gasteiger partial charge >= 0.3 is 12.1 Å². The smallest absolute Gasteiger partial charge is 0.408 e. The Hall–Kier alpha value is -4.32. The molecule has 2 N–H and O–H groups in total. The topological polar surface area (TPSA) is 114 Å². The molecule has 0 radical (unpaired) electrons. The maximum atomic E-state index is 14.3. The molecule has 2 aromatic carbocycles. The van der Waals surface area contributed by atoms with Crippen LogP contribution in [0.3, 0.4) is 0 Å². The number of unbranched alkanes of at least 4 members (excludes halogenated alkanes) is 3. The Morgan fingerprint density at radius 1 is 0.867 bits per heavy atom. The number of hydrogen-bond donors (Lipinski definition) is 2. The number of alkyl carbamates (subject to hydrolysis) is 1. The average Bonchev–Trinajstić information content (AvgIpc) is 2.96. The van der Waals surface area contributed by atoms with Crippen LogP contribution in [-0.2, 0) is 30.3 Å². The van der Waals surface area contributed by atoms with E-state index in [4.69, 9.17) is 15.9 Å². The zero-order valence-corrected chi connectivity index (χ0v) is 27.8. The van der Waals surface area contributed by atoms with Crippen molar-refractivity contribution in [2.45, 2.75) is 104 Å². The summed E-state index contributed by atoms with van der Waals surface area (Å²) in [5.74, 6) is 0.933. The molecule has 45 heavy (non-hydrogen) atoms. The lowest BCUT2D eigenvalue weighted by molar-refractivity contribution is -0.159. The van der Waals surface area contributed by atoms with Crippen LogP contribution < -0.4 is 10.6 Å². The van der Waals surface area contributed by atoms with Crippen molar-refractivity contribution in [3.8, 4) is 12.3 Å². The van der Waals surface area contributed by atoms with Crippen LogP contribution in [0.1, 0.15) is 96.9 Å². The molecule has 0 aliphatic rings. The summed E-state index contributed by atoms with van der Waals surface area (Å²) in [4.78, 5) is 55.4. The third-order valence-electron chi connectivity index (χ3n) is 6.62. The van der Waals surface area contributed by atoms with Crippen molar-refractivity contribution in [2.24, 2.45) is 0 Å². The number of esters is 1. The fourth-order valence-electron chi connectivity index (χ4n) is 4.65. The number of ether oxygens (including phenoxy) is 2. The third-order valence-corrected chi connectivity index (χ3v) is 6.62. The van der Waals surface area contributed by atoms with Crippen molar-refractivity contribution in [3.63, 3.8) is 0 Å². The van der Waals surface area contributed by atoms with Gasteiger partial charge in [-0.15, -0.1) is 6.42 Å². The first-order valence-corrected chi connectivity index (χ1v) is 15.5. The molecule has 2 atom stereocenters. The van der Waals surface area contributed by atoms with Gasteiger partial charge in [0, 0.05) is 18.5 Å². The number of amides is 3. The van der Waals surface area contributed by atoms with Gasteiger partial charge in [0.1, 0.15) is 29.8 Å². The van der Waals surface area contributed by atoms with Crippen LogP contribution in [0.15, 0.2) is 54.6 Å². The van der Waals surface area contributed by atoms with E-state index in [2.05, 4.69) is 23.5 Å². The minimum atomic E-state index is -1.19. The van der Waals surface area contributed by atoms with Gasteiger partial charge in [0.2, 0.25) is 11.8 Å². The van der Waals surface area contributed by atoms with Crippen molar-refractivity contribution in [3.05, 3.63) is 71.3 Å². The number of carbonyl (C=O) groups is 4. The number of rotatable bonds is 14. The Balaban J connectivity index is 2.53. The van der Waals surface area contributed by atoms with E-state index in [1.807, 2.05) is 30.3 Å². The van der Waals surface area contributed by atoms with E-state index in [9.17, 15) is 19.2 Å². The predicted molar refractivity (Wildman–Crippen MR) is 175 cm³/mol. The molecule has 0 aliphatic carbocycles. The summed E-state index contributed by atoms with van der Waals surface area (Å²) >= 11 is 0. The van der Waals surface area contributed by atoms with Crippen LogP contribution in [0.4, 0.5) is 4.79 Å². The number of nitrogens with zero attached hydrogens (tertiary/aromatic N) is 1. The first-order chi connectivity index (χ1) is 21.1. The highest BCUT2D eigenvalue weighted by Gasteiger charge is 2.36. The van der Waals surface area contributed by atoms with Gasteiger partial charge in [0.15, 0.2) is 0 Å². The van der Waals surface area contributed by atoms with Crippen LogP contribution in [0, 0.1) is 12.3 Å². The number of carbonyl (C=O) groups excluding carboxylic acids is 4. The lowest BCUT2D eigenvalue weighted by atomic mass is 9.97. The normalized spacial score (nSPS) is 12.7. The molecule has 0 bridgehead atoms. The SMILES string of the molecule is C#Cc1ccccc1C(C(=O)NC(Cc1ccccc1)C(=O)OC(C)(C)C)N(CCCCCC)C(=O)CNC(=O)OC(C)(C)C. The number of terminal acetylenes is 1. The summed E-state index contributed by atoms with van der Waals surface area (Å²) in [5.41, 5.74) is 0.141. The van der Waals surface area contributed by atoms with Crippen molar-refractivity contribution in [1.82, 2.24) is 15.5 Å². The van der Waals surface area contributed by atoms with Gasteiger partial charge < -0.3 is 25.0 Å². The summed E-state index contributed by atoms with van der Waals surface area (Å²) in [6, 6.07) is 14.0. The maximum Gasteiger partial charge on any atom is 0.408 e. The number of nitrogens with one attached hydrogen (secondary N) is 2. The summed E-state index contributed by atoms with van der Waals surface area (Å²) in [7, 11) is 0. The maximum absolute atomic E-state index is 14.3. The Morgan fingerprint density at radius 3 is 2.09 bits per heavy atom. The van der Waals surface area contributed by atoms with E-state index < -0.39 is 53.7 Å². The second-order valence-corrected chi connectivity index (χ2v) is 12.9. The lowest BCUT2D eigenvalue weighted by Gasteiger charge is -2.33. The molecular weight excluding hydrogens is 570 g/mol. The van der Waals surface area contributed by atoms with Crippen molar-refractivity contribution in [1.29, 1.82) is 0 Å². The summed E-state index contributed by atoms with van der Waals surface area (Å²) in [5, 5.41) is 5.40. The van der Waals surface area contributed by atoms with Crippen LogP contribution in [0.2, 0.25) is 0 Å². The monoisotopic (exact) mass is 619 g/mol. The zero-order chi connectivity index (χ0) is 33.6. The van der Waals surface area contributed by atoms with Crippen LogP contribution in [-0.4, -0.2) is 59.1 Å². The van der Waals surface area contributed by atoms with Gasteiger partial charge in [-0.25, -0.2) is 9.59 Å². The quantitative estimate of drug-likeness (QED) is 0.159. The minimum Gasteiger partial charge on any atom is -0.458 e. The number of benzene rings is 2. The van der Waals surface area contributed by atoms with E-state index >= 15 is 0 Å². The summed E-state index contributed by atoms with van der Waals surface area (Å²) in [6.07, 6.45) is 8.66. The van der Waals surface area contributed by atoms with Crippen molar-refractivity contribution < 1.29 is 28.7 Å². The Labute approximate surface area is 268 Å². The minimum absolute atomic E-state index is 0.176.